The minimum absolute atomic E-state index is 0.641. The van der Waals surface area contributed by atoms with Crippen LogP contribution in [-0.2, 0) is 13.0 Å². The number of hydrogen-bond donors (Lipinski definition) is 1. The molecule has 1 aliphatic rings. The van der Waals surface area contributed by atoms with E-state index in [4.69, 9.17) is 4.42 Å². The minimum atomic E-state index is 0.641. The monoisotopic (exact) mass is 271 g/mol. The van der Waals surface area contributed by atoms with Gasteiger partial charge in [0.05, 0.1) is 5.69 Å². The van der Waals surface area contributed by atoms with Crippen LogP contribution in [-0.4, -0.2) is 18.1 Å². The highest BCUT2D eigenvalue weighted by Crippen LogP contribution is 2.24. The zero-order valence-corrected chi connectivity index (χ0v) is 12.1. The van der Waals surface area contributed by atoms with Crippen LogP contribution in [0, 0.1) is 0 Å². The Morgan fingerprint density at radius 3 is 2.70 bits per heavy atom. The van der Waals surface area contributed by atoms with E-state index in [0.29, 0.717) is 12.1 Å². The Bertz CT molecular complexity index is 557. The van der Waals surface area contributed by atoms with Crippen LogP contribution in [0.5, 0.6) is 0 Å². The summed E-state index contributed by atoms with van der Waals surface area (Å²) in [5.74, 6) is 0. The zero-order chi connectivity index (χ0) is 13.9. The molecular formula is C16H21N3O. The smallest absolute Gasteiger partial charge is 0.301 e. The van der Waals surface area contributed by atoms with Crippen LogP contribution in [0.25, 0.3) is 0 Å². The third-order valence-electron chi connectivity index (χ3n) is 3.71. The molecule has 1 N–H and O–H groups in total. The molecule has 4 heteroatoms. The maximum atomic E-state index is 5.56. The van der Waals surface area contributed by atoms with Crippen molar-refractivity contribution >= 4 is 11.7 Å². The summed E-state index contributed by atoms with van der Waals surface area (Å²) >= 11 is 0. The van der Waals surface area contributed by atoms with Crippen LogP contribution in [0.4, 0.5) is 11.7 Å². The number of oxazole rings is 1. The Kier molecular flexibility index (Phi) is 3.74. The van der Waals surface area contributed by atoms with Gasteiger partial charge < -0.3 is 9.73 Å². The lowest BCUT2D eigenvalue weighted by atomic mass is 10.1. The summed E-state index contributed by atoms with van der Waals surface area (Å²) in [6.07, 6.45) is 5.37. The first kappa shape index (κ1) is 13.2. The van der Waals surface area contributed by atoms with Gasteiger partial charge in [-0.25, -0.2) is 0 Å². The van der Waals surface area contributed by atoms with Gasteiger partial charge in [-0.2, -0.15) is 4.98 Å². The average molecular weight is 271 g/mol. The Hall–Kier alpha value is -1.81. The van der Waals surface area contributed by atoms with E-state index < -0.39 is 0 Å². The molecule has 0 spiro atoms. The van der Waals surface area contributed by atoms with Gasteiger partial charge in [0, 0.05) is 25.3 Å². The zero-order valence-electron chi connectivity index (χ0n) is 12.1. The highest BCUT2D eigenvalue weighted by Gasteiger charge is 2.21. The van der Waals surface area contributed by atoms with Crippen molar-refractivity contribution in [2.45, 2.75) is 38.8 Å². The summed E-state index contributed by atoms with van der Waals surface area (Å²) in [6.45, 7) is 2.95. The highest BCUT2D eigenvalue weighted by atomic mass is 16.4. The third kappa shape index (κ3) is 3.02. The van der Waals surface area contributed by atoms with Crippen LogP contribution in [0.15, 0.2) is 34.9 Å². The largest absolute Gasteiger partial charge is 0.431 e. The Morgan fingerprint density at radius 2 is 2.05 bits per heavy atom. The molecule has 106 valence electrons. The van der Waals surface area contributed by atoms with Gasteiger partial charge in [-0.1, -0.05) is 19.1 Å². The number of hydrogen-bond acceptors (Lipinski definition) is 4. The van der Waals surface area contributed by atoms with Gasteiger partial charge in [0.2, 0.25) is 0 Å². The van der Waals surface area contributed by atoms with E-state index in [1.54, 1.807) is 6.26 Å². The predicted molar refractivity (Wildman–Crippen MR) is 80.2 cm³/mol. The van der Waals surface area contributed by atoms with Gasteiger partial charge in [0.1, 0.15) is 6.26 Å². The molecule has 1 heterocycles. The molecule has 1 aromatic heterocycles. The van der Waals surface area contributed by atoms with Gasteiger partial charge in [0.25, 0.3) is 0 Å². The van der Waals surface area contributed by atoms with Crippen molar-refractivity contribution in [2.75, 3.05) is 11.9 Å². The Labute approximate surface area is 119 Å². The Morgan fingerprint density at radius 1 is 1.30 bits per heavy atom. The van der Waals surface area contributed by atoms with Crippen LogP contribution in [0.2, 0.25) is 0 Å². The number of nitrogens with one attached hydrogen (secondary N) is 1. The van der Waals surface area contributed by atoms with Gasteiger partial charge in [0.15, 0.2) is 0 Å². The van der Waals surface area contributed by atoms with Crippen LogP contribution < -0.4 is 10.2 Å². The summed E-state index contributed by atoms with van der Waals surface area (Å²) in [5, 5.41) is 3.44. The highest BCUT2D eigenvalue weighted by molar-refractivity contribution is 5.55. The van der Waals surface area contributed by atoms with Crippen LogP contribution in [0.3, 0.4) is 0 Å². The second-order valence-corrected chi connectivity index (χ2v) is 5.36. The number of anilines is 2. The first-order chi connectivity index (χ1) is 9.76. The summed E-state index contributed by atoms with van der Waals surface area (Å²) in [4.78, 5) is 6.50. The van der Waals surface area contributed by atoms with Crippen molar-refractivity contribution in [3.63, 3.8) is 0 Å². The molecule has 2 aromatic rings. The van der Waals surface area contributed by atoms with Crippen molar-refractivity contribution in [1.29, 1.82) is 0 Å². The van der Waals surface area contributed by atoms with E-state index in [0.717, 1.165) is 24.3 Å². The molecule has 0 aliphatic heterocycles. The second kappa shape index (κ2) is 5.67. The van der Waals surface area contributed by atoms with Gasteiger partial charge >= 0.3 is 6.01 Å². The molecule has 20 heavy (non-hydrogen) atoms. The summed E-state index contributed by atoms with van der Waals surface area (Å²) in [7, 11) is 1.98. The lowest BCUT2D eigenvalue weighted by Crippen LogP contribution is -2.16. The molecule has 1 saturated carbocycles. The maximum absolute atomic E-state index is 5.56. The van der Waals surface area contributed by atoms with Crippen molar-refractivity contribution < 1.29 is 4.42 Å². The summed E-state index contributed by atoms with van der Waals surface area (Å²) < 4.78 is 5.56. The van der Waals surface area contributed by atoms with E-state index in [1.165, 1.54) is 18.4 Å². The molecule has 0 saturated heterocycles. The number of benzene rings is 1. The molecule has 0 bridgehead atoms. The molecule has 4 nitrogen and oxygen atoms in total. The minimum Gasteiger partial charge on any atom is -0.431 e. The molecule has 0 radical (unpaired) electrons. The van der Waals surface area contributed by atoms with E-state index >= 15 is 0 Å². The number of rotatable bonds is 6. The van der Waals surface area contributed by atoms with Gasteiger partial charge in [-0.3, -0.25) is 4.90 Å². The first-order valence-corrected chi connectivity index (χ1v) is 7.26. The second-order valence-electron chi connectivity index (χ2n) is 5.36. The molecule has 3 rings (SSSR count). The molecule has 1 aliphatic carbocycles. The molecular weight excluding hydrogens is 250 g/mol. The fourth-order valence-electron chi connectivity index (χ4n) is 2.13. The maximum Gasteiger partial charge on any atom is 0.301 e. The third-order valence-corrected chi connectivity index (χ3v) is 3.71. The number of nitrogens with zero attached hydrogens (tertiary/aromatic N) is 2. The van der Waals surface area contributed by atoms with E-state index in [-0.39, 0.29) is 0 Å². The van der Waals surface area contributed by atoms with Gasteiger partial charge in [-0.05, 0) is 37.0 Å². The molecule has 0 amide bonds. The van der Waals surface area contributed by atoms with Crippen molar-refractivity contribution in [3.05, 3.63) is 41.8 Å². The molecule has 0 unspecified atom stereocenters. The SMILES string of the molecule is CCc1ccc(N(C)c2nc(CNC3CC3)co2)cc1. The molecule has 0 atom stereocenters. The lowest BCUT2D eigenvalue weighted by Gasteiger charge is -2.14. The number of aromatic nitrogens is 1. The first-order valence-electron chi connectivity index (χ1n) is 7.26. The molecule has 1 fully saturated rings. The van der Waals surface area contributed by atoms with Crippen molar-refractivity contribution in [1.82, 2.24) is 10.3 Å². The fraction of sp³-hybridized carbons (Fsp3) is 0.438. The Balaban J connectivity index is 1.66. The molecule has 1 aromatic carbocycles. The fourth-order valence-corrected chi connectivity index (χ4v) is 2.13. The standard InChI is InChI=1S/C16H21N3O/c1-3-12-4-8-15(9-5-12)19(2)16-18-14(11-20-16)10-17-13-6-7-13/h4-5,8-9,11,13,17H,3,6-7,10H2,1-2H3. The number of aryl methyl sites for hydroxylation is 1. The van der Waals surface area contributed by atoms with Gasteiger partial charge in [-0.15, -0.1) is 0 Å². The van der Waals surface area contributed by atoms with Crippen LogP contribution in [0.1, 0.15) is 31.0 Å². The summed E-state index contributed by atoms with van der Waals surface area (Å²) in [5.41, 5.74) is 3.39. The summed E-state index contributed by atoms with van der Waals surface area (Å²) in [6, 6.07) is 9.82. The average Bonchev–Trinajstić information content (AvgIpc) is 3.21. The lowest BCUT2D eigenvalue weighted by molar-refractivity contribution is 0.557. The quantitative estimate of drug-likeness (QED) is 0.875. The predicted octanol–water partition coefficient (Wildman–Crippen LogP) is 3.26. The van der Waals surface area contributed by atoms with E-state index in [1.807, 2.05) is 11.9 Å². The van der Waals surface area contributed by atoms with E-state index in [2.05, 4.69) is 41.5 Å². The van der Waals surface area contributed by atoms with Crippen molar-refractivity contribution in [2.24, 2.45) is 0 Å². The van der Waals surface area contributed by atoms with Crippen molar-refractivity contribution in [3.8, 4) is 0 Å². The van der Waals surface area contributed by atoms with E-state index in [9.17, 15) is 0 Å². The van der Waals surface area contributed by atoms with Crippen LogP contribution >= 0.6 is 0 Å². The topological polar surface area (TPSA) is 41.3 Å². The normalized spacial score (nSPS) is 14.5.